The Labute approximate surface area is 105 Å². The molecule has 0 aliphatic rings. The number of ether oxygens (including phenoxy) is 1. The monoisotopic (exact) mass is 255 g/mol. The summed E-state index contributed by atoms with van der Waals surface area (Å²) >= 11 is 1.57. The van der Waals surface area contributed by atoms with Crippen LogP contribution in [0.2, 0.25) is 0 Å². The fourth-order valence-corrected chi connectivity index (χ4v) is 2.19. The molecule has 0 saturated heterocycles. The third-order valence-electron chi connectivity index (χ3n) is 2.35. The summed E-state index contributed by atoms with van der Waals surface area (Å²) in [4.78, 5) is 11.6. The third kappa shape index (κ3) is 3.64. The fraction of sp³-hybridized carbons (Fsp3) is 0.417. The van der Waals surface area contributed by atoms with Gasteiger partial charge in [-0.2, -0.15) is 11.8 Å². The third-order valence-corrected chi connectivity index (χ3v) is 3.55. The zero-order valence-corrected chi connectivity index (χ0v) is 10.8. The topological polar surface area (TPSA) is 72.5 Å². The second-order valence-corrected chi connectivity index (χ2v) is 5.10. The highest BCUT2D eigenvalue weighted by molar-refractivity contribution is 7.99. The Morgan fingerprint density at radius 3 is 2.88 bits per heavy atom. The lowest BCUT2D eigenvalue weighted by Gasteiger charge is -2.12. The van der Waals surface area contributed by atoms with Gasteiger partial charge in [0.1, 0.15) is 0 Å². The fourth-order valence-electron chi connectivity index (χ4n) is 1.38. The van der Waals surface area contributed by atoms with E-state index in [1.54, 1.807) is 23.9 Å². The molecule has 0 aliphatic carbocycles. The van der Waals surface area contributed by atoms with E-state index in [0.29, 0.717) is 17.0 Å². The van der Waals surface area contributed by atoms with Gasteiger partial charge in [0.15, 0.2) is 0 Å². The van der Waals surface area contributed by atoms with E-state index < -0.39 is 5.97 Å². The Hall–Kier alpha value is -1.20. The Bertz CT molecular complexity index is 395. The van der Waals surface area contributed by atoms with Crippen LogP contribution in [0.5, 0.6) is 0 Å². The van der Waals surface area contributed by atoms with Gasteiger partial charge in [0.05, 0.1) is 19.3 Å². The number of thioether (sulfide) groups is 1. The van der Waals surface area contributed by atoms with Gasteiger partial charge in [0.2, 0.25) is 0 Å². The molecule has 1 atom stereocenters. The molecule has 0 fully saturated rings. The van der Waals surface area contributed by atoms with Crippen LogP contribution in [0.3, 0.4) is 0 Å². The number of esters is 1. The summed E-state index contributed by atoms with van der Waals surface area (Å²) in [5, 5.41) is 9.08. The summed E-state index contributed by atoms with van der Waals surface area (Å²) in [5.74, 6) is 0.201. The Balaban J connectivity index is 2.91. The van der Waals surface area contributed by atoms with Crippen molar-refractivity contribution in [3.05, 3.63) is 29.3 Å². The van der Waals surface area contributed by atoms with Crippen molar-refractivity contribution >= 4 is 23.4 Å². The van der Waals surface area contributed by atoms with E-state index in [0.717, 1.165) is 5.56 Å². The highest BCUT2D eigenvalue weighted by atomic mass is 32.2. The van der Waals surface area contributed by atoms with E-state index in [1.807, 2.05) is 13.0 Å². The molecule has 0 bridgehead atoms. The number of aliphatic hydroxyl groups excluding tert-OH is 1. The molecule has 1 rings (SSSR count). The zero-order chi connectivity index (χ0) is 12.8. The first-order chi connectivity index (χ1) is 8.10. The first kappa shape index (κ1) is 13.9. The quantitative estimate of drug-likeness (QED) is 0.618. The number of anilines is 1. The number of hydrogen-bond donors (Lipinski definition) is 2. The van der Waals surface area contributed by atoms with Crippen LogP contribution in [-0.2, 0) is 10.5 Å². The molecule has 94 valence electrons. The van der Waals surface area contributed by atoms with Crippen molar-refractivity contribution in [2.24, 2.45) is 0 Å². The number of carbonyl (C=O) groups is 1. The summed E-state index contributed by atoms with van der Waals surface area (Å²) in [6.07, 6.45) is 0. The minimum Gasteiger partial charge on any atom is -0.465 e. The summed E-state index contributed by atoms with van der Waals surface area (Å²) in [6, 6.07) is 5.33. The van der Waals surface area contributed by atoms with Crippen molar-refractivity contribution in [2.75, 3.05) is 19.5 Å². The van der Waals surface area contributed by atoms with Crippen molar-refractivity contribution < 1.29 is 14.6 Å². The molecule has 0 amide bonds. The molecule has 0 aromatic heterocycles. The van der Waals surface area contributed by atoms with Crippen molar-refractivity contribution in [2.45, 2.75) is 17.9 Å². The predicted octanol–water partition coefficient (Wildman–Crippen LogP) is 1.67. The van der Waals surface area contributed by atoms with Gasteiger partial charge < -0.3 is 15.6 Å². The van der Waals surface area contributed by atoms with Gasteiger partial charge in [-0.25, -0.2) is 4.79 Å². The molecule has 0 spiro atoms. The Kier molecular flexibility index (Phi) is 5.31. The van der Waals surface area contributed by atoms with E-state index in [4.69, 9.17) is 15.6 Å². The molecule has 1 aromatic carbocycles. The van der Waals surface area contributed by atoms with Crippen LogP contribution in [0.1, 0.15) is 22.8 Å². The van der Waals surface area contributed by atoms with Crippen LogP contribution < -0.4 is 5.73 Å². The van der Waals surface area contributed by atoms with Crippen molar-refractivity contribution in [1.29, 1.82) is 0 Å². The maximum atomic E-state index is 11.6. The van der Waals surface area contributed by atoms with Crippen LogP contribution in [0, 0.1) is 0 Å². The molecule has 0 radical (unpaired) electrons. The molecule has 0 aliphatic heterocycles. The number of nitrogens with two attached hydrogens (primary N) is 1. The highest BCUT2D eigenvalue weighted by Crippen LogP contribution is 2.24. The Morgan fingerprint density at radius 2 is 2.29 bits per heavy atom. The normalized spacial score (nSPS) is 12.2. The second kappa shape index (κ2) is 6.51. The minimum atomic E-state index is -0.421. The van der Waals surface area contributed by atoms with Crippen LogP contribution in [0.15, 0.2) is 18.2 Å². The van der Waals surface area contributed by atoms with Crippen LogP contribution in [-0.4, -0.2) is 30.0 Å². The maximum Gasteiger partial charge on any atom is 0.340 e. The van der Waals surface area contributed by atoms with E-state index in [9.17, 15) is 4.79 Å². The van der Waals surface area contributed by atoms with Gasteiger partial charge in [-0.3, -0.25) is 0 Å². The van der Waals surface area contributed by atoms with Crippen LogP contribution in [0.4, 0.5) is 5.69 Å². The van der Waals surface area contributed by atoms with E-state index >= 15 is 0 Å². The number of rotatable bonds is 5. The average Bonchev–Trinajstić information content (AvgIpc) is 2.35. The zero-order valence-electron chi connectivity index (χ0n) is 9.97. The molecular weight excluding hydrogens is 238 g/mol. The predicted molar refractivity (Wildman–Crippen MR) is 70.0 cm³/mol. The van der Waals surface area contributed by atoms with Crippen molar-refractivity contribution in [1.82, 2.24) is 0 Å². The second-order valence-electron chi connectivity index (χ2n) is 3.68. The molecule has 3 N–H and O–H groups in total. The number of benzene rings is 1. The number of methoxy groups -OCH3 is 1. The van der Waals surface area contributed by atoms with E-state index in [2.05, 4.69) is 0 Å². The van der Waals surface area contributed by atoms with Gasteiger partial charge in [-0.1, -0.05) is 19.1 Å². The van der Waals surface area contributed by atoms with Gasteiger partial charge in [-0.15, -0.1) is 0 Å². The molecule has 1 aromatic rings. The number of nitrogen functional groups attached to an aromatic ring is 1. The first-order valence-electron chi connectivity index (χ1n) is 5.28. The van der Waals surface area contributed by atoms with Gasteiger partial charge in [-0.05, 0) is 11.6 Å². The largest absolute Gasteiger partial charge is 0.465 e. The molecule has 1 unspecified atom stereocenters. The van der Waals surface area contributed by atoms with Gasteiger partial charge in [0, 0.05) is 16.7 Å². The minimum absolute atomic E-state index is 0.112. The smallest absolute Gasteiger partial charge is 0.340 e. The highest BCUT2D eigenvalue weighted by Gasteiger charge is 2.15. The number of carbonyl (C=O) groups excluding carboxylic acids is 1. The lowest BCUT2D eigenvalue weighted by atomic mass is 10.1. The average molecular weight is 255 g/mol. The van der Waals surface area contributed by atoms with Crippen molar-refractivity contribution in [3.63, 3.8) is 0 Å². The molecule has 4 nitrogen and oxygen atoms in total. The van der Waals surface area contributed by atoms with Gasteiger partial charge >= 0.3 is 5.97 Å². The lowest BCUT2D eigenvalue weighted by molar-refractivity contribution is 0.0601. The molecule has 5 heteroatoms. The SMILES string of the molecule is COC(=O)c1c(N)cccc1CSC(C)CO. The van der Waals surface area contributed by atoms with Crippen LogP contribution >= 0.6 is 11.8 Å². The molecule has 0 heterocycles. The summed E-state index contributed by atoms with van der Waals surface area (Å²) in [7, 11) is 1.34. The number of hydrogen-bond acceptors (Lipinski definition) is 5. The standard InChI is InChI=1S/C12H17NO3S/c1-8(6-14)17-7-9-4-3-5-10(13)11(9)12(15)16-2/h3-5,8,14H,6-7,13H2,1-2H3. The summed E-state index contributed by atoms with van der Waals surface area (Å²) in [5.41, 5.74) is 7.46. The molecule has 0 saturated carbocycles. The number of aliphatic hydroxyl groups is 1. The van der Waals surface area contributed by atoms with Crippen molar-refractivity contribution in [3.8, 4) is 0 Å². The molecule has 17 heavy (non-hydrogen) atoms. The van der Waals surface area contributed by atoms with Gasteiger partial charge in [0.25, 0.3) is 0 Å². The van der Waals surface area contributed by atoms with E-state index in [1.165, 1.54) is 7.11 Å². The van der Waals surface area contributed by atoms with E-state index in [-0.39, 0.29) is 11.9 Å². The van der Waals surface area contributed by atoms with Crippen LogP contribution in [0.25, 0.3) is 0 Å². The summed E-state index contributed by atoms with van der Waals surface area (Å²) < 4.78 is 4.71. The lowest BCUT2D eigenvalue weighted by Crippen LogP contribution is -2.10. The summed E-state index contributed by atoms with van der Waals surface area (Å²) in [6.45, 7) is 2.04. The Morgan fingerprint density at radius 1 is 1.59 bits per heavy atom. The molecular formula is C12H17NO3S. The maximum absolute atomic E-state index is 11.6. The first-order valence-corrected chi connectivity index (χ1v) is 6.33.